The smallest absolute Gasteiger partial charge is 0.248 e. The number of carbonyl (C=O) groups is 1. The summed E-state index contributed by atoms with van der Waals surface area (Å²) in [6.07, 6.45) is 0. The Hall–Kier alpha value is -2.50. The first-order valence-corrected chi connectivity index (χ1v) is 5.74. The number of carbonyl (C=O) groups excluding carboxylic acids is 1. The lowest BCUT2D eigenvalue weighted by Gasteiger charge is -2.08. The number of nitrogens with one attached hydrogen (secondary N) is 1. The number of primary amides is 1. The molecule has 0 aromatic heterocycles. The quantitative estimate of drug-likeness (QED) is 0.904. The molecule has 20 heavy (non-hydrogen) atoms. The highest BCUT2D eigenvalue weighted by atomic mass is 19.1. The summed E-state index contributed by atoms with van der Waals surface area (Å²) in [5, 5.41) is 2.70. The van der Waals surface area contributed by atoms with E-state index in [9.17, 15) is 18.0 Å². The van der Waals surface area contributed by atoms with E-state index in [1.54, 1.807) is 0 Å². The number of amides is 1. The SMILES string of the molecule is NC(=O)c1ccc(CNc2cc(F)cc(F)c2)c(F)c1. The van der Waals surface area contributed by atoms with Crippen molar-refractivity contribution < 1.29 is 18.0 Å². The average Bonchev–Trinajstić information content (AvgIpc) is 2.36. The molecule has 0 fully saturated rings. The number of hydrogen-bond acceptors (Lipinski definition) is 2. The summed E-state index contributed by atoms with van der Waals surface area (Å²) >= 11 is 0. The molecule has 1 amide bonds. The Bertz CT molecular complexity index is 639. The van der Waals surface area contributed by atoms with Crippen molar-refractivity contribution in [3.63, 3.8) is 0 Å². The van der Waals surface area contributed by atoms with Crippen molar-refractivity contribution >= 4 is 11.6 Å². The molecule has 0 aliphatic carbocycles. The number of hydrogen-bond donors (Lipinski definition) is 2. The van der Waals surface area contributed by atoms with Crippen molar-refractivity contribution in [1.29, 1.82) is 0 Å². The van der Waals surface area contributed by atoms with Crippen LogP contribution in [-0.4, -0.2) is 5.91 Å². The van der Waals surface area contributed by atoms with Gasteiger partial charge in [-0.15, -0.1) is 0 Å². The van der Waals surface area contributed by atoms with Crippen LogP contribution in [0.25, 0.3) is 0 Å². The minimum Gasteiger partial charge on any atom is -0.381 e. The van der Waals surface area contributed by atoms with Crippen LogP contribution in [0.5, 0.6) is 0 Å². The summed E-state index contributed by atoms with van der Waals surface area (Å²) in [7, 11) is 0. The summed E-state index contributed by atoms with van der Waals surface area (Å²) in [5.74, 6) is -2.80. The summed E-state index contributed by atoms with van der Waals surface area (Å²) in [5.41, 5.74) is 5.53. The molecule has 6 heteroatoms. The van der Waals surface area contributed by atoms with Crippen LogP contribution >= 0.6 is 0 Å². The van der Waals surface area contributed by atoms with Gasteiger partial charge in [-0.25, -0.2) is 13.2 Å². The third-order valence-corrected chi connectivity index (χ3v) is 2.68. The molecular formula is C14H11F3N2O. The zero-order chi connectivity index (χ0) is 14.7. The predicted molar refractivity (Wildman–Crippen MR) is 68.6 cm³/mol. The predicted octanol–water partition coefficient (Wildman–Crippen LogP) is 2.81. The van der Waals surface area contributed by atoms with Crippen LogP contribution in [0.2, 0.25) is 0 Å². The molecule has 2 aromatic carbocycles. The first-order valence-electron chi connectivity index (χ1n) is 5.74. The maximum atomic E-state index is 13.7. The standard InChI is InChI=1S/C14H11F3N2O/c15-10-4-11(16)6-12(5-10)19-7-9-2-1-8(14(18)20)3-13(9)17/h1-6,19H,7H2,(H2,18,20). The van der Waals surface area contributed by atoms with E-state index in [2.05, 4.69) is 5.32 Å². The maximum absolute atomic E-state index is 13.7. The lowest BCUT2D eigenvalue weighted by atomic mass is 10.1. The first-order chi connectivity index (χ1) is 9.45. The average molecular weight is 280 g/mol. The van der Waals surface area contributed by atoms with E-state index in [1.165, 1.54) is 12.1 Å². The molecule has 0 atom stereocenters. The van der Waals surface area contributed by atoms with Crippen LogP contribution in [0, 0.1) is 17.5 Å². The second kappa shape index (κ2) is 5.64. The van der Waals surface area contributed by atoms with Crippen LogP contribution in [0.1, 0.15) is 15.9 Å². The van der Waals surface area contributed by atoms with Gasteiger partial charge < -0.3 is 11.1 Å². The minimum absolute atomic E-state index is 0.0216. The van der Waals surface area contributed by atoms with Gasteiger partial charge >= 0.3 is 0 Å². The van der Waals surface area contributed by atoms with Gasteiger partial charge in [-0.05, 0) is 24.3 Å². The van der Waals surface area contributed by atoms with Gasteiger partial charge in [-0.3, -0.25) is 4.79 Å². The Morgan fingerprint density at radius 3 is 2.25 bits per heavy atom. The normalized spacial score (nSPS) is 10.3. The monoisotopic (exact) mass is 280 g/mol. The Morgan fingerprint density at radius 1 is 1.05 bits per heavy atom. The van der Waals surface area contributed by atoms with Gasteiger partial charge in [-0.1, -0.05) is 6.07 Å². The van der Waals surface area contributed by atoms with Crippen molar-refractivity contribution in [3.05, 3.63) is 65.0 Å². The molecular weight excluding hydrogens is 269 g/mol. The Kier molecular flexibility index (Phi) is 3.93. The second-order valence-electron chi connectivity index (χ2n) is 4.18. The third-order valence-electron chi connectivity index (χ3n) is 2.68. The van der Waals surface area contributed by atoms with Crippen molar-refractivity contribution in [2.45, 2.75) is 6.54 Å². The molecule has 0 saturated carbocycles. The van der Waals surface area contributed by atoms with E-state index in [4.69, 9.17) is 5.73 Å². The molecule has 0 saturated heterocycles. The van der Waals surface area contributed by atoms with Crippen LogP contribution in [0.4, 0.5) is 18.9 Å². The Morgan fingerprint density at radius 2 is 1.70 bits per heavy atom. The lowest BCUT2D eigenvalue weighted by Crippen LogP contribution is -2.12. The molecule has 0 aliphatic heterocycles. The zero-order valence-electron chi connectivity index (χ0n) is 10.3. The molecule has 3 nitrogen and oxygen atoms in total. The van der Waals surface area contributed by atoms with Gasteiger partial charge in [0.25, 0.3) is 0 Å². The summed E-state index contributed by atoms with van der Waals surface area (Å²) < 4.78 is 39.6. The van der Waals surface area contributed by atoms with Gasteiger partial charge in [0.05, 0.1) is 0 Å². The van der Waals surface area contributed by atoms with Crippen LogP contribution in [0.3, 0.4) is 0 Å². The van der Waals surface area contributed by atoms with Crippen molar-refractivity contribution in [2.75, 3.05) is 5.32 Å². The van der Waals surface area contributed by atoms with Gasteiger partial charge in [-0.2, -0.15) is 0 Å². The van der Waals surface area contributed by atoms with Gasteiger partial charge in [0.15, 0.2) is 0 Å². The maximum Gasteiger partial charge on any atom is 0.248 e. The molecule has 2 rings (SSSR count). The third kappa shape index (κ3) is 3.28. The van der Waals surface area contributed by atoms with E-state index in [-0.39, 0.29) is 23.4 Å². The van der Waals surface area contributed by atoms with E-state index >= 15 is 0 Å². The molecule has 3 N–H and O–H groups in total. The fraction of sp³-hybridized carbons (Fsp3) is 0.0714. The number of nitrogens with two attached hydrogens (primary N) is 1. The van der Waals surface area contributed by atoms with Crippen LogP contribution in [0.15, 0.2) is 36.4 Å². The summed E-state index contributed by atoms with van der Waals surface area (Å²) in [6, 6.07) is 6.73. The molecule has 0 spiro atoms. The summed E-state index contributed by atoms with van der Waals surface area (Å²) in [6.45, 7) is 0.0216. The number of rotatable bonds is 4. The van der Waals surface area contributed by atoms with E-state index in [0.717, 1.165) is 24.3 Å². The fourth-order valence-corrected chi connectivity index (χ4v) is 1.70. The summed E-state index contributed by atoms with van der Waals surface area (Å²) in [4.78, 5) is 10.9. The zero-order valence-corrected chi connectivity index (χ0v) is 10.3. The van der Waals surface area contributed by atoms with Crippen molar-refractivity contribution in [3.8, 4) is 0 Å². The highest BCUT2D eigenvalue weighted by Crippen LogP contribution is 2.16. The molecule has 0 aliphatic rings. The highest BCUT2D eigenvalue weighted by Gasteiger charge is 2.07. The van der Waals surface area contributed by atoms with E-state index in [1.807, 2.05) is 0 Å². The van der Waals surface area contributed by atoms with Gasteiger partial charge in [0, 0.05) is 29.4 Å². The van der Waals surface area contributed by atoms with Crippen LogP contribution < -0.4 is 11.1 Å². The number of benzene rings is 2. The van der Waals surface area contributed by atoms with Gasteiger partial charge in [0.1, 0.15) is 17.5 Å². The van der Waals surface area contributed by atoms with E-state index in [0.29, 0.717) is 0 Å². The molecule has 0 radical (unpaired) electrons. The Labute approximate surface area is 113 Å². The highest BCUT2D eigenvalue weighted by molar-refractivity contribution is 5.92. The Balaban J connectivity index is 2.12. The van der Waals surface area contributed by atoms with E-state index < -0.39 is 23.4 Å². The second-order valence-corrected chi connectivity index (χ2v) is 4.18. The fourth-order valence-electron chi connectivity index (χ4n) is 1.70. The molecule has 0 bridgehead atoms. The molecule has 0 heterocycles. The topological polar surface area (TPSA) is 55.1 Å². The molecule has 0 unspecified atom stereocenters. The number of anilines is 1. The minimum atomic E-state index is -0.726. The van der Waals surface area contributed by atoms with Crippen LogP contribution in [-0.2, 0) is 6.54 Å². The van der Waals surface area contributed by atoms with Gasteiger partial charge in [0.2, 0.25) is 5.91 Å². The largest absolute Gasteiger partial charge is 0.381 e. The first kappa shape index (κ1) is 13.9. The number of halogens is 3. The molecule has 104 valence electrons. The molecule has 2 aromatic rings. The van der Waals surface area contributed by atoms with Crippen molar-refractivity contribution in [1.82, 2.24) is 0 Å². The lowest BCUT2D eigenvalue weighted by molar-refractivity contribution is 0.1000. The van der Waals surface area contributed by atoms with Crippen molar-refractivity contribution in [2.24, 2.45) is 5.73 Å².